The van der Waals surface area contributed by atoms with E-state index in [1.807, 2.05) is 6.92 Å². The molecule has 6 nitrogen and oxygen atoms in total. The Bertz CT molecular complexity index is 462. The van der Waals surface area contributed by atoms with E-state index in [9.17, 15) is 4.79 Å². The summed E-state index contributed by atoms with van der Waals surface area (Å²) in [6.07, 6.45) is 3.94. The van der Waals surface area contributed by atoms with Gasteiger partial charge in [-0.05, 0) is 31.1 Å². The summed E-state index contributed by atoms with van der Waals surface area (Å²) in [5.74, 6) is 0.628. The third-order valence-electron chi connectivity index (χ3n) is 3.54. The summed E-state index contributed by atoms with van der Waals surface area (Å²) in [5.41, 5.74) is 1.25. The van der Waals surface area contributed by atoms with Gasteiger partial charge < -0.3 is 10.6 Å². The first-order valence-corrected chi connectivity index (χ1v) is 7.31. The van der Waals surface area contributed by atoms with Gasteiger partial charge in [0.05, 0.1) is 18.4 Å². The fraction of sp³-hybridized carbons (Fsp3) is 0.786. The fourth-order valence-corrected chi connectivity index (χ4v) is 2.51. The van der Waals surface area contributed by atoms with E-state index in [0.717, 1.165) is 25.1 Å². The highest BCUT2D eigenvalue weighted by Gasteiger charge is 2.40. The first-order valence-electron chi connectivity index (χ1n) is 7.31. The number of hydrogen-bond acceptors (Lipinski definition) is 3. The summed E-state index contributed by atoms with van der Waals surface area (Å²) in [5, 5.41) is 13.7. The van der Waals surface area contributed by atoms with Crippen molar-refractivity contribution in [3.05, 3.63) is 11.9 Å². The SMILES string of the molecule is CCn1nncc1CNC(=O)N[C@@H]1C[C@H]1CC(C)(C)C. The van der Waals surface area contributed by atoms with Gasteiger partial charge in [0.2, 0.25) is 0 Å². The summed E-state index contributed by atoms with van der Waals surface area (Å²) in [6, 6.07) is 0.235. The summed E-state index contributed by atoms with van der Waals surface area (Å²) in [6.45, 7) is 9.93. The smallest absolute Gasteiger partial charge is 0.315 e. The van der Waals surface area contributed by atoms with Crippen LogP contribution < -0.4 is 10.6 Å². The van der Waals surface area contributed by atoms with Gasteiger partial charge in [-0.3, -0.25) is 0 Å². The van der Waals surface area contributed by atoms with Gasteiger partial charge >= 0.3 is 6.03 Å². The van der Waals surface area contributed by atoms with Crippen molar-refractivity contribution in [3.63, 3.8) is 0 Å². The molecule has 6 heteroatoms. The van der Waals surface area contributed by atoms with Crippen molar-refractivity contribution >= 4 is 6.03 Å². The molecule has 1 saturated carbocycles. The minimum Gasteiger partial charge on any atom is -0.335 e. The number of aromatic nitrogens is 3. The Balaban J connectivity index is 1.70. The predicted molar refractivity (Wildman–Crippen MR) is 77.0 cm³/mol. The van der Waals surface area contributed by atoms with Crippen LogP contribution in [0.1, 0.15) is 46.2 Å². The molecule has 1 aromatic heterocycles. The van der Waals surface area contributed by atoms with E-state index in [1.54, 1.807) is 10.9 Å². The van der Waals surface area contributed by atoms with Crippen LogP contribution >= 0.6 is 0 Å². The molecule has 1 aromatic rings. The number of rotatable bonds is 5. The summed E-state index contributed by atoms with van der Waals surface area (Å²) in [7, 11) is 0. The molecule has 0 aromatic carbocycles. The molecule has 2 N–H and O–H groups in total. The third-order valence-corrected chi connectivity index (χ3v) is 3.54. The molecule has 0 aliphatic heterocycles. The lowest BCUT2D eigenvalue weighted by Gasteiger charge is -2.17. The monoisotopic (exact) mass is 279 g/mol. The van der Waals surface area contributed by atoms with Crippen molar-refractivity contribution < 1.29 is 4.79 Å². The molecule has 0 spiro atoms. The van der Waals surface area contributed by atoms with Crippen LogP contribution in [0.4, 0.5) is 4.79 Å². The number of hydrogen-bond donors (Lipinski definition) is 2. The minimum absolute atomic E-state index is 0.102. The molecular formula is C14H25N5O. The number of carbonyl (C=O) groups excluding carboxylic acids is 1. The second-order valence-corrected chi connectivity index (χ2v) is 6.74. The Hall–Kier alpha value is -1.59. The lowest BCUT2D eigenvalue weighted by molar-refractivity contribution is 0.238. The van der Waals surface area contributed by atoms with Crippen LogP contribution in [0, 0.1) is 11.3 Å². The van der Waals surface area contributed by atoms with Gasteiger partial charge in [-0.15, -0.1) is 5.10 Å². The number of urea groups is 1. The maximum Gasteiger partial charge on any atom is 0.315 e. The van der Waals surface area contributed by atoms with E-state index in [1.165, 1.54) is 0 Å². The molecule has 0 bridgehead atoms. The Kier molecular flexibility index (Phi) is 4.30. The van der Waals surface area contributed by atoms with Crippen LogP contribution in [0.2, 0.25) is 0 Å². The molecule has 112 valence electrons. The highest BCUT2D eigenvalue weighted by molar-refractivity contribution is 5.74. The minimum atomic E-state index is -0.102. The molecule has 0 radical (unpaired) electrons. The highest BCUT2D eigenvalue weighted by Crippen LogP contribution is 2.40. The summed E-state index contributed by atoms with van der Waals surface area (Å²) in [4.78, 5) is 11.8. The quantitative estimate of drug-likeness (QED) is 0.865. The first kappa shape index (κ1) is 14.8. The largest absolute Gasteiger partial charge is 0.335 e. The first-order chi connectivity index (χ1) is 9.39. The number of aryl methyl sites for hydroxylation is 1. The second kappa shape index (κ2) is 5.81. The summed E-state index contributed by atoms with van der Waals surface area (Å²) >= 11 is 0. The summed E-state index contributed by atoms with van der Waals surface area (Å²) < 4.78 is 1.78. The van der Waals surface area contributed by atoms with E-state index in [0.29, 0.717) is 23.9 Å². The van der Waals surface area contributed by atoms with Crippen LogP contribution in [0.25, 0.3) is 0 Å². The van der Waals surface area contributed by atoms with E-state index < -0.39 is 0 Å². The Labute approximate surface area is 120 Å². The van der Waals surface area contributed by atoms with Crippen LogP contribution in [0.15, 0.2) is 6.20 Å². The Morgan fingerprint density at radius 1 is 1.50 bits per heavy atom. The van der Waals surface area contributed by atoms with Crippen molar-refractivity contribution in [1.82, 2.24) is 25.6 Å². The predicted octanol–water partition coefficient (Wildman–Crippen LogP) is 1.92. The molecule has 20 heavy (non-hydrogen) atoms. The van der Waals surface area contributed by atoms with Crippen molar-refractivity contribution in [1.29, 1.82) is 0 Å². The van der Waals surface area contributed by atoms with Crippen molar-refractivity contribution in [2.45, 2.75) is 59.7 Å². The van der Waals surface area contributed by atoms with E-state index in [4.69, 9.17) is 0 Å². The Morgan fingerprint density at radius 2 is 2.25 bits per heavy atom. The standard InChI is InChI=1S/C14H25N5O/c1-5-19-11(9-16-18-19)8-15-13(20)17-12-6-10(12)7-14(2,3)4/h9-10,12H,5-8H2,1-4H3,(H2,15,17,20)/t10-,12+/m0/s1. The maximum absolute atomic E-state index is 11.8. The zero-order valence-electron chi connectivity index (χ0n) is 12.8. The van der Waals surface area contributed by atoms with Crippen LogP contribution in [0.5, 0.6) is 0 Å². The Morgan fingerprint density at radius 3 is 2.90 bits per heavy atom. The molecule has 1 fully saturated rings. The van der Waals surface area contributed by atoms with Gasteiger partial charge in [-0.25, -0.2) is 9.48 Å². The molecule has 2 amide bonds. The third kappa shape index (κ3) is 4.21. The normalized spacial score (nSPS) is 21.6. The molecule has 2 rings (SSSR count). The average molecular weight is 279 g/mol. The van der Waals surface area contributed by atoms with Crippen molar-refractivity contribution in [3.8, 4) is 0 Å². The zero-order valence-corrected chi connectivity index (χ0v) is 12.8. The van der Waals surface area contributed by atoms with E-state index >= 15 is 0 Å². The molecule has 1 aliphatic carbocycles. The van der Waals surface area contributed by atoms with E-state index in [2.05, 4.69) is 41.7 Å². The van der Waals surface area contributed by atoms with Crippen molar-refractivity contribution in [2.24, 2.45) is 11.3 Å². The average Bonchev–Trinajstić information content (AvgIpc) is 2.90. The lowest BCUT2D eigenvalue weighted by Crippen LogP contribution is -2.37. The number of nitrogens with one attached hydrogen (secondary N) is 2. The molecular weight excluding hydrogens is 254 g/mol. The van der Waals surface area contributed by atoms with Gasteiger partial charge in [-0.2, -0.15) is 0 Å². The fourth-order valence-electron chi connectivity index (χ4n) is 2.51. The topological polar surface area (TPSA) is 71.8 Å². The van der Waals surface area contributed by atoms with Gasteiger partial charge in [0, 0.05) is 12.6 Å². The van der Waals surface area contributed by atoms with Gasteiger partial charge in [0.25, 0.3) is 0 Å². The number of amides is 2. The lowest BCUT2D eigenvalue weighted by atomic mass is 9.89. The van der Waals surface area contributed by atoms with E-state index in [-0.39, 0.29) is 6.03 Å². The van der Waals surface area contributed by atoms with Crippen molar-refractivity contribution in [2.75, 3.05) is 0 Å². The van der Waals surface area contributed by atoms with Gasteiger partial charge in [0.15, 0.2) is 0 Å². The molecule has 0 unspecified atom stereocenters. The van der Waals surface area contributed by atoms with Crippen LogP contribution in [-0.2, 0) is 13.1 Å². The second-order valence-electron chi connectivity index (χ2n) is 6.74. The zero-order chi connectivity index (χ0) is 14.8. The molecule has 1 heterocycles. The van der Waals surface area contributed by atoms with Crippen LogP contribution in [-0.4, -0.2) is 27.1 Å². The van der Waals surface area contributed by atoms with Gasteiger partial charge in [-0.1, -0.05) is 26.0 Å². The molecule has 0 saturated heterocycles. The molecule has 1 aliphatic rings. The maximum atomic E-state index is 11.8. The number of nitrogens with zero attached hydrogens (tertiary/aromatic N) is 3. The van der Waals surface area contributed by atoms with Gasteiger partial charge in [0.1, 0.15) is 0 Å². The number of carbonyl (C=O) groups is 1. The van der Waals surface area contributed by atoms with Crippen LogP contribution in [0.3, 0.4) is 0 Å². The highest BCUT2D eigenvalue weighted by atomic mass is 16.2. The molecule has 2 atom stereocenters.